The van der Waals surface area contributed by atoms with E-state index >= 15 is 0 Å². The molecular weight excluding hydrogens is 350 g/mol. The summed E-state index contributed by atoms with van der Waals surface area (Å²) in [6, 6.07) is 1.34. The summed E-state index contributed by atoms with van der Waals surface area (Å²) >= 11 is 0. The second-order valence-corrected chi connectivity index (χ2v) is 6.75. The van der Waals surface area contributed by atoms with E-state index in [1.54, 1.807) is 13.8 Å². The van der Waals surface area contributed by atoms with Crippen molar-refractivity contribution in [3.8, 4) is 11.8 Å². The number of sulfonamides is 1. The third-order valence-corrected chi connectivity index (χ3v) is 4.33. The van der Waals surface area contributed by atoms with Gasteiger partial charge in [-0.1, -0.05) is 5.92 Å². The maximum Gasteiger partial charge on any atom is 0.238 e. The number of benzene rings is 1. The topological polar surface area (TPSA) is 111 Å². The highest BCUT2D eigenvalue weighted by Gasteiger charge is 2.18. The number of aromatic nitrogens is 1. The van der Waals surface area contributed by atoms with Crippen LogP contribution in [0.15, 0.2) is 23.2 Å². The molecule has 1 heterocycles. The van der Waals surface area contributed by atoms with Crippen molar-refractivity contribution in [2.45, 2.75) is 25.3 Å². The number of aryl methyl sites for hydroxylation is 1. The molecule has 0 aliphatic rings. The molecule has 25 heavy (non-hydrogen) atoms. The Bertz CT molecular complexity index is 972. The summed E-state index contributed by atoms with van der Waals surface area (Å²) in [6.45, 7) is 3.10. The lowest BCUT2D eigenvalue weighted by Crippen LogP contribution is -2.15. The van der Waals surface area contributed by atoms with Crippen LogP contribution in [0.3, 0.4) is 0 Å². The highest BCUT2D eigenvalue weighted by Crippen LogP contribution is 2.26. The zero-order valence-electron chi connectivity index (χ0n) is 13.5. The van der Waals surface area contributed by atoms with Crippen molar-refractivity contribution in [1.82, 2.24) is 4.98 Å². The first-order valence-corrected chi connectivity index (χ1v) is 8.62. The predicted octanol–water partition coefficient (Wildman–Crippen LogP) is 1.88. The van der Waals surface area contributed by atoms with Gasteiger partial charge in [0.1, 0.15) is 11.6 Å². The highest BCUT2D eigenvalue weighted by atomic mass is 32.2. The third kappa shape index (κ3) is 4.04. The van der Waals surface area contributed by atoms with Crippen molar-refractivity contribution in [1.29, 1.82) is 0 Å². The van der Waals surface area contributed by atoms with Gasteiger partial charge < -0.3 is 11.1 Å². The predicted molar refractivity (Wildman–Crippen MR) is 91.0 cm³/mol. The molecule has 2 rings (SSSR count). The van der Waals surface area contributed by atoms with E-state index in [-0.39, 0.29) is 17.8 Å². The second kappa shape index (κ2) is 7.04. The average Bonchev–Trinajstić information content (AvgIpc) is 2.51. The maximum atomic E-state index is 14.1. The summed E-state index contributed by atoms with van der Waals surface area (Å²) in [4.78, 5) is 3.45. The number of hydrogen-bond acceptors (Lipinski definition) is 5. The Balaban J connectivity index is 2.40. The van der Waals surface area contributed by atoms with E-state index in [4.69, 9.17) is 10.9 Å². The number of pyridine rings is 1. The van der Waals surface area contributed by atoms with Crippen LogP contribution in [0.5, 0.6) is 0 Å². The Labute approximate surface area is 144 Å². The van der Waals surface area contributed by atoms with E-state index in [0.29, 0.717) is 29.1 Å². The van der Waals surface area contributed by atoms with Gasteiger partial charge in [-0.25, -0.2) is 22.3 Å². The molecule has 0 amide bonds. The summed E-state index contributed by atoms with van der Waals surface area (Å²) in [5.74, 6) is 3.49. The standard InChI is InChI=1S/C16H16F2N4O2S/c1-3-4-11-9(2)21-8-15(19)16(11)22-7-12-13(17)5-10(6-14(12)18)25(20,23)24/h5-6,8H,7,19H2,1-2H3,(H,21,22)(H2,20,23,24). The van der Waals surface area contributed by atoms with Crippen molar-refractivity contribution in [2.75, 3.05) is 11.1 Å². The van der Waals surface area contributed by atoms with E-state index in [9.17, 15) is 17.2 Å². The number of nitrogens with one attached hydrogen (secondary N) is 1. The Kier molecular flexibility index (Phi) is 5.25. The summed E-state index contributed by atoms with van der Waals surface area (Å²) in [5, 5.41) is 7.72. The molecule has 5 N–H and O–H groups in total. The molecule has 0 radical (unpaired) electrons. The summed E-state index contributed by atoms with van der Waals surface area (Å²) in [7, 11) is -4.21. The van der Waals surface area contributed by atoms with E-state index < -0.39 is 26.6 Å². The molecule has 2 aromatic rings. The van der Waals surface area contributed by atoms with Crippen molar-refractivity contribution in [3.05, 3.63) is 46.8 Å². The van der Waals surface area contributed by atoms with Crippen LogP contribution >= 0.6 is 0 Å². The molecule has 6 nitrogen and oxygen atoms in total. The molecule has 0 spiro atoms. The third-order valence-electron chi connectivity index (χ3n) is 3.43. The monoisotopic (exact) mass is 366 g/mol. The quantitative estimate of drug-likeness (QED) is 0.716. The minimum absolute atomic E-state index is 0.269. The molecule has 9 heteroatoms. The first kappa shape index (κ1) is 18.6. The number of rotatable bonds is 4. The molecular formula is C16H16F2N4O2S. The van der Waals surface area contributed by atoms with Gasteiger partial charge in [-0.05, 0) is 26.0 Å². The van der Waals surface area contributed by atoms with Gasteiger partial charge in [-0.2, -0.15) is 0 Å². The van der Waals surface area contributed by atoms with Gasteiger partial charge >= 0.3 is 0 Å². The van der Waals surface area contributed by atoms with Crippen molar-refractivity contribution < 1.29 is 17.2 Å². The number of hydrogen-bond donors (Lipinski definition) is 3. The minimum atomic E-state index is -4.21. The van der Waals surface area contributed by atoms with Crippen LogP contribution in [0, 0.1) is 30.4 Å². The van der Waals surface area contributed by atoms with Crippen LogP contribution in [0.1, 0.15) is 23.7 Å². The molecule has 0 atom stereocenters. The fourth-order valence-corrected chi connectivity index (χ4v) is 2.71. The van der Waals surface area contributed by atoms with Gasteiger partial charge in [0.25, 0.3) is 0 Å². The SMILES string of the molecule is CC#Cc1c(C)ncc(N)c1NCc1c(F)cc(S(N)(=O)=O)cc1F. The van der Waals surface area contributed by atoms with Gasteiger partial charge in [0.2, 0.25) is 10.0 Å². The van der Waals surface area contributed by atoms with E-state index in [1.807, 2.05) is 0 Å². The lowest BCUT2D eigenvalue weighted by Gasteiger charge is -2.14. The first-order valence-electron chi connectivity index (χ1n) is 7.07. The average molecular weight is 366 g/mol. The van der Waals surface area contributed by atoms with Crippen LogP contribution in [-0.2, 0) is 16.6 Å². The smallest absolute Gasteiger partial charge is 0.238 e. The van der Waals surface area contributed by atoms with Gasteiger partial charge in [0.15, 0.2) is 0 Å². The van der Waals surface area contributed by atoms with Gasteiger partial charge in [-0.3, -0.25) is 4.98 Å². The number of nitrogen functional groups attached to an aromatic ring is 1. The maximum absolute atomic E-state index is 14.1. The normalized spacial score (nSPS) is 10.9. The molecule has 0 aliphatic heterocycles. The molecule has 0 saturated heterocycles. The lowest BCUT2D eigenvalue weighted by atomic mass is 10.1. The molecule has 0 fully saturated rings. The van der Waals surface area contributed by atoms with Crippen molar-refractivity contribution >= 4 is 21.4 Å². The van der Waals surface area contributed by atoms with E-state index in [1.165, 1.54) is 6.20 Å². The van der Waals surface area contributed by atoms with Gasteiger partial charge in [-0.15, -0.1) is 5.92 Å². The second-order valence-electron chi connectivity index (χ2n) is 5.19. The summed E-state index contributed by atoms with van der Waals surface area (Å²) in [5.41, 5.74) is 7.31. The Morgan fingerprint density at radius 3 is 2.40 bits per heavy atom. The lowest BCUT2D eigenvalue weighted by molar-refractivity contribution is 0.548. The zero-order valence-corrected chi connectivity index (χ0v) is 14.3. The highest BCUT2D eigenvalue weighted by molar-refractivity contribution is 7.89. The molecule has 0 saturated carbocycles. The molecule has 0 bridgehead atoms. The fourth-order valence-electron chi connectivity index (χ4n) is 2.18. The Morgan fingerprint density at radius 1 is 1.28 bits per heavy atom. The number of anilines is 2. The van der Waals surface area contributed by atoms with Crippen LogP contribution in [-0.4, -0.2) is 13.4 Å². The van der Waals surface area contributed by atoms with Crippen LogP contribution in [0.4, 0.5) is 20.2 Å². The van der Waals surface area contributed by atoms with Gasteiger partial charge in [0.05, 0.1) is 33.7 Å². The number of primary sulfonamides is 1. The van der Waals surface area contributed by atoms with Crippen molar-refractivity contribution in [3.63, 3.8) is 0 Å². The first-order chi connectivity index (χ1) is 11.6. The molecule has 0 unspecified atom stereocenters. The molecule has 1 aromatic carbocycles. The molecule has 0 aliphatic carbocycles. The van der Waals surface area contributed by atoms with Crippen LogP contribution < -0.4 is 16.2 Å². The number of nitrogens with zero attached hydrogens (tertiary/aromatic N) is 1. The van der Waals surface area contributed by atoms with Crippen molar-refractivity contribution in [2.24, 2.45) is 5.14 Å². The Hall–Kier alpha value is -2.70. The minimum Gasteiger partial charge on any atom is -0.396 e. The van der Waals surface area contributed by atoms with Gasteiger partial charge in [0, 0.05) is 12.1 Å². The van der Waals surface area contributed by atoms with Crippen LogP contribution in [0.25, 0.3) is 0 Å². The fraction of sp³-hybridized carbons (Fsp3) is 0.188. The number of halogens is 2. The largest absolute Gasteiger partial charge is 0.396 e. The molecule has 132 valence electrons. The molecule has 1 aromatic heterocycles. The van der Waals surface area contributed by atoms with Crippen LogP contribution in [0.2, 0.25) is 0 Å². The van der Waals surface area contributed by atoms with E-state index in [0.717, 1.165) is 0 Å². The van der Waals surface area contributed by atoms with E-state index in [2.05, 4.69) is 22.1 Å². The summed E-state index contributed by atoms with van der Waals surface area (Å²) in [6.07, 6.45) is 1.41. The number of nitrogens with two attached hydrogens (primary N) is 2. The zero-order chi connectivity index (χ0) is 18.8. The summed E-state index contributed by atoms with van der Waals surface area (Å²) < 4.78 is 50.6. The Morgan fingerprint density at radius 2 is 1.88 bits per heavy atom.